The van der Waals surface area contributed by atoms with Crippen LogP contribution in [-0.4, -0.2) is 10.9 Å². The number of anilines is 3. The highest BCUT2D eigenvalue weighted by atomic mass is 16.1. The molecule has 2 rings (SSSR count). The number of carbonyl (C=O) groups excluding carboxylic acids is 1. The summed E-state index contributed by atoms with van der Waals surface area (Å²) < 4.78 is 0. The largest absolute Gasteiger partial charge is 0.396 e. The Morgan fingerprint density at radius 3 is 2.47 bits per heavy atom. The number of amides is 1. The highest BCUT2D eigenvalue weighted by Crippen LogP contribution is 2.21. The predicted molar refractivity (Wildman–Crippen MR) is 71.6 cm³/mol. The number of carbonyl (C=O) groups is 1. The zero-order chi connectivity index (χ0) is 13.8. The molecule has 0 aliphatic carbocycles. The van der Waals surface area contributed by atoms with Crippen LogP contribution in [-0.2, 0) is 0 Å². The third-order valence-electron chi connectivity index (χ3n) is 2.46. The smallest absolute Gasteiger partial charge is 0.267 e. The molecule has 1 amide bonds. The van der Waals surface area contributed by atoms with Crippen LogP contribution in [0.2, 0.25) is 0 Å². The lowest BCUT2D eigenvalue weighted by molar-refractivity contribution is 0.0996. The fourth-order valence-corrected chi connectivity index (χ4v) is 1.47. The van der Waals surface area contributed by atoms with E-state index in [-0.39, 0.29) is 5.69 Å². The van der Waals surface area contributed by atoms with E-state index in [1.165, 1.54) is 6.07 Å². The monoisotopic (exact) mass is 253 g/mol. The van der Waals surface area contributed by atoms with Crippen molar-refractivity contribution >= 4 is 23.1 Å². The first-order valence-corrected chi connectivity index (χ1v) is 5.43. The molecule has 0 bridgehead atoms. The van der Waals surface area contributed by atoms with Crippen LogP contribution >= 0.6 is 0 Å². The molecule has 19 heavy (non-hydrogen) atoms. The van der Waals surface area contributed by atoms with Gasteiger partial charge in [0.25, 0.3) is 5.91 Å². The first-order chi connectivity index (χ1) is 9.10. The van der Waals surface area contributed by atoms with Gasteiger partial charge in [-0.2, -0.15) is 5.26 Å². The van der Waals surface area contributed by atoms with E-state index in [0.29, 0.717) is 22.8 Å². The molecule has 5 N–H and O–H groups in total. The minimum atomic E-state index is -0.622. The van der Waals surface area contributed by atoms with Crippen molar-refractivity contribution < 1.29 is 4.79 Å². The Morgan fingerprint density at radius 1 is 1.21 bits per heavy atom. The summed E-state index contributed by atoms with van der Waals surface area (Å²) >= 11 is 0. The Labute approximate surface area is 109 Å². The number of hydrogen-bond donors (Lipinski definition) is 3. The maximum atomic E-state index is 11.1. The van der Waals surface area contributed by atoms with Gasteiger partial charge in [-0.1, -0.05) is 0 Å². The number of nitrogens with zero attached hydrogens (tertiary/aromatic N) is 2. The molecule has 0 aliphatic rings. The molecule has 0 saturated heterocycles. The molecule has 6 heteroatoms. The Balaban J connectivity index is 2.29. The summed E-state index contributed by atoms with van der Waals surface area (Å²) in [5.41, 5.74) is 12.7. The van der Waals surface area contributed by atoms with Crippen LogP contribution in [0.3, 0.4) is 0 Å². The second kappa shape index (κ2) is 5.06. The molecular weight excluding hydrogens is 242 g/mol. The molecule has 0 spiro atoms. The van der Waals surface area contributed by atoms with E-state index in [4.69, 9.17) is 16.7 Å². The fraction of sp³-hybridized carbons (Fsp3) is 0. The number of nitrogens with two attached hydrogens (primary N) is 2. The molecule has 2 aromatic rings. The number of hydrogen-bond acceptors (Lipinski definition) is 5. The minimum absolute atomic E-state index is 0.130. The SMILES string of the molecule is N#Cc1ccc(Nc2nc(C(N)=O)ccc2N)cc1. The van der Waals surface area contributed by atoms with E-state index in [2.05, 4.69) is 10.3 Å². The molecule has 0 saturated carbocycles. The molecule has 1 aromatic heterocycles. The molecule has 0 atom stereocenters. The van der Waals surface area contributed by atoms with Gasteiger partial charge in [0.1, 0.15) is 5.69 Å². The molecule has 0 radical (unpaired) electrons. The average Bonchev–Trinajstić information content (AvgIpc) is 2.42. The summed E-state index contributed by atoms with van der Waals surface area (Å²) in [6.07, 6.45) is 0. The lowest BCUT2D eigenvalue weighted by atomic mass is 10.2. The summed E-state index contributed by atoms with van der Waals surface area (Å²) in [5, 5.41) is 11.7. The van der Waals surface area contributed by atoms with Gasteiger partial charge >= 0.3 is 0 Å². The normalized spacial score (nSPS) is 9.63. The van der Waals surface area contributed by atoms with Crippen molar-refractivity contribution in [2.45, 2.75) is 0 Å². The lowest BCUT2D eigenvalue weighted by Gasteiger charge is -2.09. The molecule has 94 valence electrons. The Hall–Kier alpha value is -3.07. The van der Waals surface area contributed by atoms with Crippen molar-refractivity contribution in [3.8, 4) is 6.07 Å². The molecule has 0 aliphatic heterocycles. The average molecular weight is 253 g/mol. The summed E-state index contributed by atoms with van der Waals surface area (Å²) in [5.74, 6) is -0.274. The highest BCUT2D eigenvalue weighted by molar-refractivity contribution is 5.92. The Kier molecular flexibility index (Phi) is 3.30. The van der Waals surface area contributed by atoms with Gasteiger partial charge in [0.05, 0.1) is 17.3 Å². The summed E-state index contributed by atoms with van der Waals surface area (Å²) in [4.78, 5) is 15.1. The van der Waals surface area contributed by atoms with E-state index in [1.807, 2.05) is 6.07 Å². The lowest BCUT2D eigenvalue weighted by Crippen LogP contribution is -2.14. The van der Waals surface area contributed by atoms with E-state index in [1.54, 1.807) is 30.3 Å². The number of nitrogens with one attached hydrogen (secondary N) is 1. The van der Waals surface area contributed by atoms with Crippen LogP contribution < -0.4 is 16.8 Å². The van der Waals surface area contributed by atoms with Gasteiger partial charge in [-0.05, 0) is 36.4 Å². The maximum Gasteiger partial charge on any atom is 0.267 e. The zero-order valence-electron chi connectivity index (χ0n) is 9.92. The van der Waals surface area contributed by atoms with Crippen molar-refractivity contribution in [3.63, 3.8) is 0 Å². The predicted octanol–water partition coefficient (Wildman–Crippen LogP) is 1.38. The standard InChI is InChI=1S/C13H11N5O/c14-7-8-1-3-9(4-2-8)17-13-10(15)5-6-11(18-13)12(16)19/h1-6H,15H2,(H2,16,19)(H,17,18). The van der Waals surface area contributed by atoms with Crippen LogP contribution in [0.25, 0.3) is 0 Å². The molecule has 1 heterocycles. The number of rotatable bonds is 3. The quantitative estimate of drug-likeness (QED) is 0.763. The van der Waals surface area contributed by atoms with Gasteiger partial charge in [-0.15, -0.1) is 0 Å². The first kappa shape index (κ1) is 12.4. The van der Waals surface area contributed by atoms with E-state index in [0.717, 1.165) is 0 Å². The van der Waals surface area contributed by atoms with E-state index in [9.17, 15) is 4.79 Å². The Morgan fingerprint density at radius 2 is 1.89 bits per heavy atom. The Bertz CT molecular complexity index is 658. The van der Waals surface area contributed by atoms with Crippen LogP contribution in [0.4, 0.5) is 17.2 Å². The molecule has 1 aromatic carbocycles. The maximum absolute atomic E-state index is 11.1. The highest BCUT2D eigenvalue weighted by Gasteiger charge is 2.07. The van der Waals surface area contributed by atoms with Crippen LogP contribution in [0.15, 0.2) is 36.4 Å². The van der Waals surface area contributed by atoms with E-state index >= 15 is 0 Å². The van der Waals surface area contributed by atoms with Gasteiger partial charge in [0, 0.05) is 5.69 Å². The summed E-state index contributed by atoms with van der Waals surface area (Å²) in [6.45, 7) is 0. The van der Waals surface area contributed by atoms with Crippen molar-refractivity contribution in [3.05, 3.63) is 47.7 Å². The second-order valence-electron chi connectivity index (χ2n) is 3.81. The number of primary amides is 1. The van der Waals surface area contributed by atoms with Gasteiger partial charge in [-0.25, -0.2) is 4.98 Å². The van der Waals surface area contributed by atoms with Crippen LogP contribution in [0.1, 0.15) is 16.1 Å². The van der Waals surface area contributed by atoms with Crippen LogP contribution in [0, 0.1) is 11.3 Å². The molecule has 6 nitrogen and oxygen atoms in total. The molecule has 0 fully saturated rings. The number of aromatic nitrogens is 1. The van der Waals surface area contributed by atoms with Crippen molar-refractivity contribution in [1.29, 1.82) is 5.26 Å². The first-order valence-electron chi connectivity index (χ1n) is 5.43. The van der Waals surface area contributed by atoms with Gasteiger partial charge in [-0.3, -0.25) is 4.79 Å². The van der Waals surface area contributed by atoms with Gasteiger partial charge in [0.2, 0.25) is 0 Å². The number of nitriles is 1. The summed E-state index contributed by atoms with van der Waals surface area (Å²) in [7, 11) is 0. The summed E-state index contributed by atoms with van der Waals surface area (Å²) in [6, 6.07) is 11.8. The van der Waals surface area contributed by atoms with Crippen molar-refractivity contribution in [2.24, 2.45) is 5.73 Å². The number of benzene rings is 1. The molecular formula is C13H11N5O. The fourth-order valence-electron chi connectivity index (χ4n) is 1.47. The third-order valence-corrected chi connectivity index (χ3v) is 2.46. The minimum Gasteiger partial charge on any atom is -0.396 e. The second-order valence-corrected chi connectivity index (χ2v) is 3.81. The third kappa shape index (κ3) is 2.79. The van der Waals surface area contributed by atoms with Crippen molar-refractivity contribution in [1.82, 2.24) is 4.98 Å². The molecule has 0 unspecified atom stereocenters. The number of pyridine rings is 1. The van der Waals surface area contributed by atoms with Gasteiger partial charge in [0.15, 0.2) is 5.82 Å². The van der Waals surface area contributed by atoms with Crippen LogP contribution in [0.5, 0.6) is 0 Å². The van der Waals surface area contributed by atoms with Crippen molar-refractivity contribution in [2.75, 3.05) is 11.1 Å². The van der Waals surface area contributed by atoms with Gasteiger partial charge < -0.3 is 16.8 Å². The number of nitrogen functional groups attached to an aromatic ring is 1. The van der Waals surface area contributed by atoms with E-state index < -0.39 is 5.91 Å². The topological polar surface area (TPSA) is 118 Å². The zero-order valence-corrected chi connectivity index (χ0v) is 9.92.